The summed E-state index contributed by atoms with van der Waals surface area (Å²) in [5, 5.41) is 26.2. The summed E-state index contributed by atoms with van der Waals surface area (Å²) in [4.78, 5) is 15.2. The van der Waals surface area contributed by atoms with Crippen LogP contribution in [0.3, 0.4) is 0 Å². The number of anilines is 1. The van der Waals surface area contributed by atoms with E-state index in [9.17, 15) is 15.4 Å². The highest BCUT2D eigenvalue weighted by Crippen LogP contribution is 2.33. The van der Waals surface area contributed by atoms with Crippen molar-refractivity contribution in [1.29, 1.82) is 5.26 Å². The number of nitro groups is 1. The van der Waals surface area contributed by atoms with Crippen LogP contribution in [0.25, 0.3) is 16.8 Å². The first-order valence-electron chi connectivity index (χ1n) is 8.34. The van der Waals surface area contributed by atoms with Crippen LogP contribution in [0.4, 0.5) is 11.4 Å². The van der Waals surface area contributed by atoms with Crippen molar-refractivity contribution < 1.29 is 9.66 Å². The molecule has 0 unspecified atom stereocenters. The first-order valence-corrected chi connectivity index (χ1v) is 10.0. The van der Waals surface area contributed by atoms with E-state index in [1.54, 1.807) is 6.92 Å². The number of nitriles is 1. The lowest BCUT2D eigenvalue weighted by Crippen LogP contribution is -1.99. The average Bonchev–Trinajstić information content (AvgIpc) is 3.19. The number of aromatic nitrogens is 1. The fraction of sp³-hybridized carbons (Fsp3) is 0.100. The Kier molecular flexibility index (Phi) is 6.26. The number of hydrogen-bond donors (Lipinski definition) is 1. The molecule has 3 rings (SSSR count). The van der Waals surface area contributed by atoms with Gasteiger partial charge in [-0.05, 0) is 24.6 Å². The summed E-state index contributed by atoms with van der Waals surface area (Å²) in [5.41, 5.74) is 3.22. The largest absolute Gasteiger partial charge is 0.490 e. The van der Waals surface area contributed by atoms with Crippen LogP contribution in [0.2, 0.25) is 0 Å². The summed E-state index contributed by atoms with van der Waals surface area (Å²) in [6.45, 7) is 1.74. The molecular weight excluding hydrogens is 456 g/mol. The van der Waals surface area contributed by atoms with Crippen LogP contribution in [0.1, 0.15) is 10.6 Å². The molecule has 0 aliphatic rings. The minimum Gasteiger partial charge on any atom is -0.490 e. The SMILES string of the molecule is COc1cc(N/C=C(\C#N)c2nc(-c3cccc(Br)c3)cs2)c(C)cc1[N+](=O)[O-]. The maximum Gasteiger partial charge on any atom is 0.311 e. The maximum absolute atomic E-state index is 11.1. The Morgan fingerprint density at radius 3 is 2.86 bits per heavy atom. The molecular formula is C20H15BrN4O3S. The van der Waals surface area contributed by atoms with Gasteiger partial charge in [-0.3, -0.25) is 10.1 Å². The van der Waals surface area contributed by atoms with Gasteiger partial charge >= 0.3 is 5.69 Å². The van der Waals surface area contributed by atoms with Gasteiger partial charge in [0, 0.05) is 39.4 Å². The smallest absolute Gasteiger partial charge is 0.311 e. The number of nitrogens with one attached hydrogen (secondary N) is 1. The van der Waals surface area contributed by atoms with Crippen molar-refractivity contribution >= 4 is 44.2 Å². The topological polar surface area (TPSA) is 101 Å². The van der Waals surface area contributed by atoms with Gasteiger partial charge in [0.2, 0.25) is 0 Å². The van der Waals surface area contributed by atoms with E-state index in [2.05, 4.69) is 32.3 Å². The van der Waals surface area contributed by atoms with E-state index in [1.807, 2.05) is 29.6 Å². The molecule has 0 saturated carbocycles. The molecule has 2 aromatic carbocycles. The van der Waals surface area contributed by atoms with Crippen molar-refractivity contribution in [2.75, 3.05) is 12.4 Å². The molecule has 1 aromatic heterocycles. The third-order valence-electron chi connectivity index (χ3n) is 4.07. The Bertz CT molecular complexity index is 1150. The molecule has 0 aliphatic heterocycles. The van der Waals surface area contributed by atoms with Gasteiger partial charge in [0.15, 0.2) is 5.75 Å². The number of hydrogen-bond acceptors (Lipinski definition) is 7. The number of benzene rings is 2. The van der Waals surface area contributed by atoms with Gasteiger partial charge in [-0.2, -0.15) is 5.26 Å². The van der Waals surface area contributed by atoms with Crippen LogP contribution < -0.4 is 10.1 Å². The van der Waals surface area contributed by atoms with E-state index < -0.39 is 4.92 Å². The number of nitrogens with zero attached hydrogens (tertiary/aromatic N) is 3. The molecule has 0 atom stereocenters. The van der Waals surface area contributed by atoms with Gasteiger partial charge in [0.1, 0.15) is 16.6 Å². The number of aryl methyl sites for hydroxylation is 1. The molecule has 7 nitrogen and oxygen atoms in total. The zero-order valence-electron chi connectivity index (χ0n) is 15.5. The average molecular weight is 471 g/mol. The molecule has 1 N–H and O–H groups in total. The van der Waals surface area contributed by atoms with Crippen molar-refractivity contribution in [3.05, 3.63) is 73.1 Å². The Morgan fingerprint density at radius 1 is 1.41 bits per heavy atom. The van der Waals surface area contributed by atoms with Crippen LogP contribution in [0, 0.1) is 28.4 Å². The summed E-state index contributed by atoms with van der Waals surface area (Å²) in [6, 6.07) is 12.9. The molecule has 0 amide bonds. The third-order valence-corrected chi connectivity index (χ3v) is 5.44. The number of rotatable bonds is 6. The molecule has 0 aliphatic carbocycles. The van der Waals surface area contributed by atoms with Crippen molar-refractivity contribution in [1.82, 2.24) is 4.98 Å². The molecule has 0 fully saturated rings. The number of methoxy groups -OCH3 is 1. The molecule has 3 aromatic rings. The summed E-state index contributed by atoms with van der Waals surface area (Å²) in [5.74, 6) is 0.140. The third kappa shape index (κ3) is 4.62. The van der Waals surface area contributed by atoms with E-state index >= 15 is 0 Å². The fourth-order valence-corrected chi connectivity index (χ4v) is 3.80. The van der Waals surface area contributed by atoms with E-state index in [0.29, 0.717) is 21.8 Å². The monoisotopic (exact) mass is 470 g/mol. The number of ether oxygens (including phenoxy) is 1. The predicted molar refractivity (Wildman–Crippen MR) is 117 cm³/mol. The van der Waals surface area contributed by atoms with Crippen LogP contribution >= 0.6 is 27.3 Å². The van der Waals surface area contributed by atoms with Gasteiger partial charge < -0.3 is 10.1 Å². The van der Waals surface area contributed by atoms with Crippen LogP contribution in [0.15, 0.2) is 52.5 Å². The van der Waals surface area contributed by atoms with Crippen molar-refractivity contribution in [3.63, 3.8) is 0 Å². The van der Waals surface area contributed by atoms with Crippen molar-refractivity contribution in [3.8, 4) is 23.1 Å². The molecule has 0 radical (unpaired) electrons. The van der Waals surface area contributed by atoms with Gasteiger partial charge in [-0.25, -0.2) is 4.98 Å². The molecule has 1 heterocycles. The zero-order chi connectivity index (χ0) is 21.0. The summed E-state index contributed by atoms with van der Waals surface area (Å²) >= 11 is 4.81. The molecule has 0 saturated heterocycles. The molecule has 29 heavy (non-hydrogen) atoms. The molecule has 146 valence electrons. The quantitative estimate of drug-likeness (QED) is 0.278. The lowest BCUT2D eigenvalue weighted by atomic mass is 10.1. The number of thiazole rings is 1. The van der Waals surface area contributed by atoms with Gasteiger partial charge in [0.25, 0.3) is 0 Å². The standard InChI is InChI=1S/C20H15BrN4O3S/c1-12-6-18(25(26)27)19(28-2)8-16(12)23-10-14(9-22)20-24-17(11-29-20)13-4-3-5-15(21)7-13/h3-8,10-11,23H,1-2H3/b14-10+. The summed E-state index contributed by atoms with van der Waals surface area (Å²) in [6.07, 6.45) is 1.54. The number of halogens is 1. The van der Waals surface area contributed by atoms with E-state index in [1.165, 1.54) is 36.8 Å². The Labute approximate surface area is 179 Å². The van der Waals surface area contributed by atoms with Crippen LogP contribution in [-0.2, 0) is 0 Å². The minimum atomic E-state index is -0.495. The second-order valence-electron chi connectivity index (χ2n) is 5.96. The summed E-state index contributed by atoms with van der Waals surface area (Å²) in [7, 11) is 1.37. The second kappa shape index (κ2) is 8.86. The maximum atomic E-state index is 11.1. The highest BCUT2D eigenvalue weighted by atomic mass is 79.9. The van der Waals surface area contributed by atoms with Crippen molar-refractivity contribution in [2.24, 2.45) is 0 Å². The normalized spacial score (nSPS) is 11.0. The van der Waals surface area contributed by atoms with Gasteiger partial charge in [-0.1, -0.05) is 28.1 Å². The first kappa shape index (κ1) is 20.5. The lowest BCUT2D eigenvalue weighted by Gasteiger charge is -2.09. The number of allylic oxidation sites excluding steroid dienone is 1. The highest BCUT2D eigenvalue weighted by molar-refractivity contribution is 9.10. The van der Waals surface area contributed by atoms with E-state index in [-0.39, 0.29) is 11.4 Å². The van der Waals surface area contributed by atoms with E-state index in [4.69, 9.17) is 4.74 Å². The Balaban J connectivity index is 1.88. The van der Waals surface area contributed by atoms with Gasteiger partial charge in [-0.15, -0.1) is 11.3 Å². The lowest BCUT2D eigenvalue weighted by molar-refractivity contribution is -0.385. The minimum absolute atomic E-state index is 0.112. The van der Waals surface area contributed by atoms with Crippen molar-refractivity contribution in [2.45, 2.75) is 6.92 Å². The predicted octanol–water partition coefficient (Wildman–Crippen LogP) is 5.77. The van der Waals surface area contributed by atoms with Gasteiger partial charge in [0.05, 0.1) is 17.7 Å². The first-order chi connectivity index (χ1) is 13.9. The van der Waals surface area contributed by atoms with E-state index in [0.717, 1.165) is 15.7 Å². The number of nitro benzene ring substituents is 1. The Morgan fingerprint density at radius 2 is 2.21 bits per heavy atom. The molecule has 0 bridgehead atoms. The second-order valence-corrected chi connectivity index (χ2v) is 7.73. The fourth-order valence-electron chi connectivity index (χ4n) is 2.60. The summed E-state index contributed by atoms with van der Waals surface area (Å²) < 4.78 is 6.05. The van der Waals surface area contributed by atoms with Crippen LogP contribution in [0.5, 0.6) is 5.75 Å². The molecule has 0 spiro atoms. The highest BCUT2D eigenvalue weighted by Gasteiger charge is 2.17. The molecule has 9 heteroatoms. The van der Waals surface area contributed by atoms with Crippen LogP contribution in [-0.4, -0.2) is 17.0 Å². The zero-order valence-corrected chi connectivity index (χ0v) is 17.9. The Hall–Kier alpha value is -3.22.